The second-order valence-electron chi connectivity index (χ2n) is 5.09. The highest BCUT2D eigenvalue weighted by Crippen LogP contribution is 2.42. The smallest absolute Gasteiger partial charge is 0.354 e. The Balaban J connectivity index is 1.93. The molecule has 1 heterocycles. The third-order valence-electron chi connectivity index (χ3n) is 3.68. The van der Waals surface area contributed by atoms with Gasteiger partial charge in [0.1, 0.15) is 5.69 Å². The fourth-order valence-corrected chi connectivity index (χ4v) is 3.20. The second kappa shape index (κ2) is 5.78. The predicted molar refractivity (Wildman–Crippen MR) is 79.6 cm³/mol. The Kier molecular flexibility index (Phi) is 4.27. The van der Waals surface area contributed by atoms with Gasteiger partial charge in [0.05, 0.1) is 5.69 Å². The molecule has 1 fully saturated rings. The molecule has 4 N–H and O–H groups in total. The summed E-state index contributed by atoms with van der Waals surface area (Å²) in [7, 11) is 0. The molecule has 1 saturated carbocycles. The van der Waals surface area contributed by atoms with Crippen molar-refractivity contribution in [1.82, 2.24) is 10.3 Å². The summed E-state index contributed by atoms with van der Waals surface area (Å²) in [6, 6.07) is 1.24. The Morgan fingerprint density at radius 2 is 2.20 bits per heavy atom. The summed E-state index contributed by atoms with van der Waals surface area (Å²) in [6.07, 6.45) is 5.47. The van der Waals surface area contributed by atoms with E-state index in [0.717, 1.165) is 12.8 Å². The highest BCUT2D eigenvalue weighted by Gasteiger charge is 2.36. The van der Waals surface area contributed by atoms with Gasteiger partial charge in [-0.1, -0.05) is 6.42 Å². The SMILES string of the molecule is CSC1(CNC(=O)Nc2cc(C)[nH]c2C(=O)O)CCC1. The van der Waals surface area contributed by atoms with E-state index in [9.17, 15) is 9.59 Å². The van der Waals surface area contributed by atoms with Crippen LogP contribution in [0.15, 0.2) is 6.07 Å². The van der Waals surface area contributed by atoms with Crippen LogP contribution in [0.5, 0.6) is 0 Å². The molecule has 0 saturated heterocycles. The lowest BCUT2D eigenvalue weighted by Gasteiger charge is -2.40. The fourth-order valence-electron chi connectivity index (χ4n) is 2.29. The molecule has 0 aliphatic heterocycles. The number of amides is 2. The number of anilines is 1. The van der Waals surface area contributed by atoms with Crippen molar-refractivity contribution in [2.24, 2.45) is 0 Å². The maximum Gasteiger partial charge on any atom is 0.354 e. The average molecular weight is 297 g/mol. The molecule has 1 aromatic heterocycles. The lowest BCUT2D eigenvalue weighted by atomic mass is 9.84. The van der Waals surface area contributed by atoms with Gasteiger partial charge in [-0.3, -0.25) is 0 Å². The highest BCUT2D eigenvalue weighted by molar-refractivity contribution is 8.00. The number of carboxylic acid groups (broad SMARTS) is 1. The molecule has 0 atom stereocenters. The van der Waals surface area contributed by atoms with Gasteiger partial charge in [0.2, 0.25) is 0 Å². The number of carboxylic acids is 1. The zero-order chi connectivity index (χ0) is 14.8. The molecule has 110 valence electrons. The van der Waals surface area contributed by atoms with Crippen LogP contribution in [-0.2, 0) is 0 Å². The lowest BCUT2D eigenvalue weighted by molar-refractivity contribution is 0.0692. The summed E-state index contributed by atoms with van der Waals surface area (Å²) < 4.78 is 0.154. The molecule has 2 rings (SSSR count). The molecule has 0 aromatic carbocycles. The maximum atomic E-state index is 11.9. The number of nitrogens with one attached hydrogen (secondary N) is 3. The molecule has 0 unspecified atom stereocenters. The molecular weight excluding hydrogens is 278 g/mol. The standard InChI is InChI=1S/C13H19N3O3S/c1-8-6-9(10(15-8)11(17)18)16-12(19)14-7-13(20-2)4-3-5-13/h6,15H,3-5,7H2,1-2H3,(H,17,18)(H2,14,16,19). The Labute approximate surface area is 121 Å². The number of aromatic nitrogens is 1. The quantitative estimate of drug-likeness (QED) is 0.671. The van der Waals surface area contributed by atoms with Crippen molar-refractivity contribution in [2.75, 3.05) is 18.1 Å². The number of aromatic carboxylic acids is 1. The summed E-state index contributed by atoms with van der Waals surface area (Å²) in [5.74, 6) is -1.09. The summed E-state index contributed by atoms with van der Waals surface area (Å²) in [6.45, 7) is 2.35. The molecule has 0 spiro atoms. The molecule has 7 heteroatoms. The maximum absolute atomic E-state index is 11.9. The summed E-state index contributed by atoms with van der Waals surface area (Å²) in [4.78, 5) is 25.6. The number of urea groups is 1. The van der Waals surface area contributed by atoms with Gasteiger partial charge in [-0.05, 0) is 32.1 Å². The molecular formula is C13H19N3O3S. The highest BCUT2D eigenvalue weighted by atomic mass is 32.2. The molecule has 0 bridgehead atoms. The number of H-pyrrole nitrogens is 1. The van der Waals surface area contributed by atoms with Gasteiger partial charge >= 0.3 is 12.0 Å². The van der Waals surface area contributed by atoms with E-state index in [2.05, 4.69) is 21.9 Å². The molecule has 1 aliphatic carbocycles. The van der Waals surface area contributed by atoms with Crippen molar-refractivity contribution in [3.05, 3.63) is 17.5 Å². The van der Waals surface area contributed by atoms with Crippen LogP contribution in [0, 0.1) is 6.92 Å². The average Bonchev–Trinajstić information content (AvgIpc) is 2.69. The minimum absolute atomic E-state index is 0.000809. The van der Waals surface area contributed by atoms with E-state index in [0.29, 0.717) is 17.9 Å². The molecule has 6 nitrogen and oxygen atoms in total. The summed E-state index contributed by atoms with van der Waals surface area (Å²) in [5, 5.41) is 14.4. The van der Waals surface area contributed by atoms with Gasteiger partial charge in [0, 0.05) is 17.0 Å². The van der Waals surface area contributed by atoms with E-state index in [1.165, 1.54) is 6.42 Å². The van der Waals surface area contributed by atoms with Crippen molar-refractivity contribution in [3.8, 4) is 0 Å². The van der Waals surface area contributed by atoms with Crippen LogP contribution in [0.1, 0.15) is 35.4 Å². The van der Waals surface area contributed by atoms with Crippen LogP contribution in [0.25, 0.3) is 0 Å². The van der Waals surface area contributed by atoms with E-state index in [1.807, 2.05) is 0 Å². The van der Waals surface area contributed by atoms with Gasteiger partial charge in [0.25, 0.3) is 0 Å². The number of carbonyl (C=O) groups is 2. The first-order valence-electron chi connectivity index (χ1n) is 6.49. The number of aryl methyl sites for hydroxylation is 1. The Morgan fingerprint density at radius 3 is 2.70 bits per heavy atom. The normalized spacial score (nSPS) is 16.3. The van der Waals surface area contributed by atoms with Crippen LogP contribution in [0.2, 0.25) is 0 Å². The largest absolute Gasteiger partial charge is 0.477 e. The monoisotopic (exact) mass is 297 g/mol. The Bertz CT molecular complexity index is 517. The second-order valence-corrected chi connectivity index (χ2v) is 6.37. The van der Waals surface area contributed by atoms with Gasteiger partial charge < -0.3 is 20.7 Å². The van der Waals surface area contributed by atoms with Crippen molar-refractivity contribution >= 4 is 29.4 Å². The number of aromatic amines is 1. The Morgan fingerprint density at radius 1 is 1.50 bits per heavy atom. The van der Waals surface area contributed by atoms with Gasteiger partial charge in [0.15, 0.2) is 0 Å². The Hall–Kier alpha value is -1.63. The van der Waals surface area contributed by atoms with Crippen molar-refractivity contribution in [3.63, 3.8) is 0 Å². The van der Waals surface area contributed by atoms with E-state index in [-0.39, 0.29) is 16.5 Å². The zero-order valence-corrected chi connectivity index (χ0v) is 12.4. The predicted octanol–water partition coefficient (Wildman–Crippen LogP) is 2.43. The van der Waals surface area contributed by atoms with Gasteiger partial charge in [-0.15, -0.1) is 0 Å². The minimum Gasteiger partial charge on any atom is -0.477 e. The van der Waals surface area contributed by atoms with Crippen molar-refractivity contribution in [1.29, 1.82) is 0 Å². The molecule has 20 heavy (non-hydrogen) atoms. The molecule has 1 aliphatic rings. The first kappa shape index (κ1) is 14.8. The van der Waals surface area contributed by atoms with Crippen LogP contribution in [0.3, 0.4) is 0 Å². The van der Waals surface area contributed by atoms with Crippen LogP contribution in [0.4, 0.5) is 10.5 Å². The van der Waals surface area contributed by atoms with E-state index in [4.69, 9.17) is 5.11 Å². The van der Waals surface area contributed by atoms with Gasteiger partial charge in [-0.25, -0.2) is 9.59 Å². The van der Waals surface area contributed by atoms with Crippen molar-refractivity contribution < 1.29 is 14.7 Å². The number of hydrogen-bond acceptors (Lipinski definition) is 3. The molecule has 0 radical (unpaired) electrons. The van der Waals surface area contributed by atoms with Crippen LogP contribution >= 0.6 is 11.8 Å². The van der Waals surface area contributed by atoms with Crippen LogP contribution in [-0.4, -0.2) is 39.6 Å². The first-order chi connectivity index (χ1) is 9.46. The molecule has 1 aromatic rings. The third kappa shape index (κ3) is 3.09. The van der Waals surface area contributed by atoms with Gasteiger partial charge in [-0.2, -0.15) is 11.8 Å². The topological polar surface area (TPSA) is 94.2 Å². The zero-order valence-electron chi connectivity index (χ0n) is 11.6. The van der Waals surface area contributed by atoms with Crippen LogP contribution < -0.4 is 10.6 Å². The number of carbonyl (C=O) groups excluding carboxylic acids is 1. The third-order valence-corrected chi connectivity index (χ3v) is 5.10. The number of thioether (sulfide) groups is 1. The van der Waals surface area contributed by atoms with E-state index >= 15 is 0 Å². The van der Waals surface area contributed by atoms with E-state index in [1.54, 1.807) is 24.8 Å². The van der Waals surface area contributed by atoms with Crippen molar-refractivity contribution in [2.45, 2.75) is 30.9 Å². The number of hydrogen-bond donors (Lipinski definition) is 4. The lowest BCUT2D eigenvalue weighted by Crippen LogP contribution is -2.46. The fraction of sp³-hybridized carbons (Fsp3) is 0.538. The summed E-state index contributed by atoms with van der Waals surface area (Å²) >= 11 is 1.78. The molecule has 2 amide bonds. The number of rotatable bonds is 5. The first-order valence-corrected chi connectivity index (χ1v) is 7.71. The summed E-state index contributed by atoms with van der Waals surface area (Å²) in [5.41, 5.74) is 0.984. The minimum atomic E-state index is -1.09. The van der Waals surface area contributed by atoms with E-state index < -0.39 is 5.97 Å².